The van der Waals surface area contributed by atoms with Gasteiger partial charge in [-0.1, -0.05) is 36.8 Å². The molecule has 1 N–H and O–H groups in total. The predicted molar refractivity (Wildman–Crippen MR) is 80.9 cm³/mol. The topological polar surface area (TPSA) is 38.3 Å². The molecule has 0 aliphatic rings. The molecule has 0 atom stereocenters. The van der Waals surface area contributed by atoms with Gasteiger partial charge in [-0.05, 0) is 36.8 Å². The molecule has 0 saturated carbocycles. The van der Waals surface area contributed by atoms with Gasteiger partial charge in [0.25, 0.3) is 0 Å². The summed E-state index contributed by atoms with van der Waals surface area (Å²) in [6, 6.07) is 15.8. The Morgan fingerprint density at radius 3 is 2.30 bits per heavy atom. The van der Waals surface area contributed by atoms with Crippen LogP contribution >= 0.6 is 0 Å². The number of aryl methyl sites for hydroxylation is 1. The fraction of sp³-hybridized carbons (Fsp3) is 0.235. The van der Waals surface area contributed by atoms with Gasteiger partial charge in [0.15, 0.2) is 0 Å². The number of nitrogens with one attached hydrogen (secondary N) is 1. The Morgan fingerprint density at radius 1 is 1.05 bits per heavy atom. The van der Waals surface area contributed by atoms with Crippen molar-refractivity contribution in [3.63, 3.8) is 0 Å². The number of esters is 1. The maximum atomic E-state index is 11.2. The van der Waals surface area contributed by atoms with E-state index in [0.29, 0.717) is 12.2 Å². The molecule has 0 unspecified atom stereocenters. The maximum Gasteiger partial charge on any atom is 0.310 e. The molecule has 2 rings (SSSR count). The second-order valence-corrected chi connectivity index (χ2v) is 4.69. The molecule has 0 aliphatic heterocycles. The van der Waals surface area contributed by atoms with Crippen LogP contribution in [-0.2, 0) is 11.3 Å². The minimum absolute atomic E-state index is 0.217. The van der Waals surface area contributed by atoms with Crippen molar-refractivity contribution in [3.8, 4) is 5.75 Å². The van der Waals surface area contributed by atoms with Gasteiger partial charge >= 0.3 is 5.97 Å². The molecule has 0 fully saturated rings. The number of hydrogen-bond donors (Lipinski definition) is 1. The number of hydrogen-bond acceptors (Lipinski definition) is 3. The zero-order valence-electron chi connectivity index (χ0n) is 11.8. The van der Waals surface area contributed by atoms with Gasteiger partial charge in [-0.15, -0.1) is 0 Å². The summed E-state index contributed by atoms with van der Waals surface area (Å²) in [4.78, 5) is 11.2. The van der Waals surface area contributed by atoms with E-state index in [1.165, 1.54) is 11.1 Å². The molecule has 0 heterocycles. The zero-order valence-corrected chi connectivity index (χ0v) is 11.8. The maximum absolute atomic E-state index is 11.2. The normalized spacial score (nSPS) is 10.1. The van der Waals surface area contributed by atoms with E-state index >= 15 is 0 Å². The summed E-state index contributed by atoms with van der Waals surface area (Å²) < 4.78 is 5.13. The Balaban J connectivity index is 1.90. The van der Waals surface area contributed by atoms with Crippen molar-refractivity contribution in [2.24, 2.45) is 0 Å². The zero-order chi connectivity index (χ0) is 14.4. The quantitative estimate of drug-likeness (QED) is 0.660. The van der Waals surface area contributed by atoms with E-state index in [9.17, 15) is 4.79 Å². The molecule has 20 heavy (non-hydrogen) atoms. The first-order valence-corrected chi connectivity index (χ1v) is 6.77. The second-order valence-electron chi connectivity index (χ2n) is 4.69. The number of ether oxygens (including phenoxy) is 1. The van der Waals surface area contributed by atoms with Crippen molar-refractivity contribution in [2.45, 2.75) is 26.8 Å². The van der Waals surface area contributed by atoms with Crippen molar-refractivity contribution in [3.05, 3.63) is 59.7 Å². The van der Waals surface area contributed by atoms with E-state index in [0.717, 1.165) is 12.2 Å². The second kappa shape index (κ2) is 6.75. The molecule has 0 aromatic heterocycles. The molecule has 0 bridgehead atoms. The summed E-state index contributed by atoms with van der Waals surface area (Å²) in [5, 5.41) is 3.33. The van der Waals surface area contributed by atoms with E-state index in [1.54, 1.807) is 19.1 Å². The van der Waals surface area contributed by atoms with Gasteiger partial charge in [0.1, 0.15) is 5.75 Å². The third-order valence-corrected chi connectivity index (χ3v) is 2.99. The summed E-state index contributed by atoms with van der Waals surface area (Å²) >= 11 is 0. The van der Waals surface area contributed by atoms with Crippen LogP contribution < -0.4 is 10.1 Å². The Kier molecular flexibility index (Phi) is 4.77. The van der Waals surface area contributed by atoms with Crippen LogP contribution in [0.1, 0.15) is 24.5 Å². The average molecular weight is 269 g/mol. The Labute approximate surface area is 119 Å². The molecule has 0 aliphatic carbocycles. The minimum Gasteiger partial charge on any atom is -0.427 e. The van der Waals surface area contributed by atoms with Gasteiger partial charge in [0.05, 0.1) is 0 Å². The van der Waals surface area contributed by atoms with Gasteiger partial charge in [0.2, 0.25) is 0 Å². The predicted octanol–water partition coefficient (Wildman–Crippen LogP) is 3.92. The summed E-state index contributed by atoms with van der Waals surface area (Å²) in [7, 11) is 0. The number of rotatable bonds is 5. The third kappa shape index (κ3) is 4.12. The SMILES string of the molecule is CCC(=O)Oc1ccc(NCc2ccc(C)cc2)cc1. The van der Waals surface area contributed by atoms with Gasteiger partial charge in [0, 0.05) is 18.7 Å². The van der Waals surface area contributed by atoms with E-state index in [1.807, 2.05) is 12.1 Å². The highest BCUT2D eigenvalue weighted by Crippen LogP contribution is 2.17. The molecule has 0 amide bonds. The van der Waals surface area contributed by atoms with Gasteiger partial charge in [-0.25, -0.2) is 0 Å². The summed E-state index contributed by atoms with van der Waals surface area (Å²) in [5.41, 5.74) is 3.50. The van der Waals surface area contributed by atoms with Crippen LogP contribution in [0.15, 0.2) is 48.5 Å². The van der Waals surface area contributed by atoms with Crippen molar-refractivity contribution < 1.29 is 9.53 Å². The van der Waals surface area contributed by atoms with E-state index < -0.39 is 0 Å². The fourth-order valence-corrected chi connectivity index (χ4v) is 1.75. The average Bonchev–Trinajstić information content (AvgIpc) is 2.48. The molecule has 0 spiro atoms. The van der Waals surface area contributed by atoms with Crippen LogP contribution in [0.3, 0.4) is 0 Å². The Morgan fingerprint density at radius 2 is 1.70 bits per heavy atom. The monoisotopic (exact) mass is 269 g/mol. The molecule has 0 saturated heterocycles. The Hall–Kier alpha value is -2.29. The molecular formula is C17H19NO2. The standard InChI is InChI=1S/C17H19NO2/c1-3-17(19)20-16-10-8-15(9-11-16)18-12-14-6-4-13(2)5-7-14/h4-11,18H,3,12H2,1-2H3. The molecular weight excluding hydrogens is 250 g/mol. The van der Waals surface area contributed by atoms with E-state index in [2.05, 4.69) is 36.5 Å². The summed E-state index contributed by atoms with van der Waals surface area (Å²) in [6.07, 6.45) is 0.382. The number of anilines is 1. The highest BCUT2D eigenvalue weighted by atomic mass is 16.5. The molecule has 2 aromatic carbocycles. The molecule has 3 heteroatoms. The molecule has 0 radical (unpaired) electrons. The Bertz CT molecular complexity index is 559. The van der Waals surface area contributed by atoms with Crippen molar-refractivity contribution in [1.29, 1.82) is 0 Å². The number of benzene rings is 2. The smallest absolute Gasteiger partial charge is 0.310 e. The number of carbonyl (C=O) groups is 1. The first-order chi connectivity index (χ1) is 9.67. The lowest BCUT2D eigenvalue weighted by Crippen LogP contribution is -2.05. The third-order valence-electron chi connectivity index (χ3n) is 2.99. The largest absolute Gasteiger partial charge is 0.427 e. The lowest BCUT2D eigenvalue weighted by molar-refractivity contribution is -0.134. The lowest BCUT2D eigenvalue weighted by atomic mass is 10.1. The fourth-order valence-electron chi connectivity index (χ4n) is 1.75. The van der Waals surface area contributed by atoms with E-state index in [4.69, 9.17) is 4.74 Å². The van der Waals surface area contributed by atoms with Gasteiger partial charge < -0.3 is 10.1 Å². The van der Waals surface area contributed by atoms with Crippen LogP contribution in [0.25, 0.3) is 0 Å². The van der Waals surface area contributed by atoms with Crippen molar-refractivity contribution in [1.82, 2.24) is 0 Å². The molecule has 2 aromatic rings. The van der Waals surface area contributed by atoms with Crippen molar-refractivity contribution in [2.75, 3.05) is 5.32 Å². The molecule has 3 nitrogen and oxygen atoms in total. The van der Waals surface area contributed by atoms with Crippen LogP contribution in [0.2, 0.25) is 0 Å². The first-order valence-electron chi connectivity index (χ1n) is 6.77. The van der Waals surface area contributed by atoms with Gasteiger partial charge in [-0.3, -0.25) is 4.79 Å². The highest BCUT2D eigenvalue weighted by Gasteiger charge is 2.01. The van der Waals surface area contributed by atoms with Crippen LogP contribution in [-0.4, -0.2) is 5.97 Å². The first kappa shape index (κ1) is 14.1. The summed E-state index contributed by atoms with van der Waals surface area (Å²) in [6.45, 7) is 4.63. The van der Waals surface area contributed by atoms with Crippen LogP contribution in [0.4, 0.5) is 5.69 Å². The lowest BCUT2D eigenvalue weighted by Gasteiger charge is -2.08. The number of carbonyl (C=O) groups excluding carboxylic acids is 1. The molecule has 104 valence electrons. The van der Waals surface area contributed by atoms with Gasteiger partial charge in [-0.2, -0.15) is 0 Å². The minimum atomic E-state index is -0.217. The summed E-state index contributed by atoms with van der Waals surface area (Å²) in [5.74, 6) is 0.364. The van der Waals surface area contributed by atoms with Crippen LogP contribution in [0.5, 0.6) is 5.75 Å². The van der Waals surface area contributed by atoms with E-state index in [-0.39, 0.29) is 5.97 Å². The highest BCUT2D eigenvalue weighted by molar-refractivity contribution is 5.72. The van der Waals surface area contributed by atoms with Crippen molar-refractivity contribution >= 4 is 11.7 Å². The van der Waals surface area contributed by atoms with Crippen LogP contribution in [0, 0.1) is 6.92 Å².